The van der Waals surface area contributed by atoms with E-state index in [2.05, 4.69) is 12.2 Å². The van der Waals surface area contributed by atoms with E-state index in [4.69, 9.17) is 5.11 Å². The SMILES string of the molecule is CC1CCC(CO)(NC(=O)C(C)C(=O)O)CC1. The van der Waals surface area contributed by atoms with Gasteiger partial charge in [-0.3, -0.25) is 9.59 Å². The summed E-state index contributed by atoms with van der Waals surface area (Å²) in [5.74, 6) is -2.12. The third-order valence-electron chi connectivity index (χ3n) is 3.69. The van der Waals surface area contributed by atoms with Crippen molar-refractivity contribution in [2.45, 2.75) is 45.1 Å². The minimum absolute atomic E-state index is 0.127. The zero-order chi connectivity index (χ0) is 13.1. The Morgan fingerprint density at radius 1 is 1.41 bits per heavy atom. The quantitative estimate of drug-likeness (QED) is 0.636. The van der Waals surface area contributed by atoms with Crippen LogP contribution < -0.4 is 5.32 Å². The largest absolute Gasteiger partial charge is 0.481 e. The van der Waals surface area contributed by atoms with Crippen molar-refractivity contribution in [3.05, 3.63) is 0 Å². The molecule has 1 saturated carbocycles. The molecular weight excluding hydrogens is 222 g/mol. The Kier molecular flexibility index (Phi) is 4.51. The van der Waals surface area contributed by atoms with Gasteiger partial charge in [-0.25, -0.2) is 0 Å². The van der Waals surface area contributed by atoms with Crippen LogP contribution in [-0.2, 0) is 9.59 Å². The monoisotopic (exact) mass is 243 g/mol. The van der Waals surface area contributed by atoms with E-state index >= 15 is 0 Å². The van der Waals surface area contributed by atoms with Gasteiger partial charge in [-0.2, -0.15) is 0 Å². The molecular formula is C12H21NO4. The number of aliphatic carboxylic acids is 1. The molecule has 5 heteroatoms. The van der Waals surface area contributed by atoms with Crippen molar-refractivity contribution in [2.75, 3.05) is 6.61 Å². The zero-order valence-electron chi connectivity index (χ0n) is 10.4. The molecule has 1 rings (SSSR count). The third kappa shape index (κ3) is 3.43. The lowest BCUT2D eigenvalue weighted by atomic mass is 9.77. The summed E-state index contributed by atoms with van der Waals surface area (Å²) in [6, 6.07) is 0. The maximum atomic E-state index is 11.7. The summed E-state index contributed by atoms with van der Waals surface area (Å²) in [7, 11) is 0. The van der Waals surface area contributed by atoms with E-state index in [9.17, 15) is 14.7 Å². The van der Waals surface area contributed by atoms with Crippen LogP contribution in [-0.4, -0.2) is 34.2 Å². The van der Waals surface area contributed by atoms with Gasteiger partial charge in [0, 0.05) is 0 Å². The van der Waals surface area contributed by atoms with Gasteiger partial charge in [0.05, 0.1) is 12.1 Å². The van der Waals surface area contributed by atoms with Crippen LogP contribution in [0.25, 0.3) is 0 Å². The lowest BCUT2D eigenvalue weighted by Crippen LogP contribution is -2.55. The highest BCUT2D eigenvalue weighted by molar-refractivity contribution is 5.96. The summed E-state index contributed by atoms with van der Waals surface area (Å²) in [6.07, 6.45) is 3.32. The van der Waals surface area contributed by atoms with Crippen molar-refractivity contribution in [3.8, 4) is 0 Å². The Bertz CT molecular complexity index is 295. The smallest absolute Gasteiger partial charge is 0.315 e. The van der Waals surface area contributed by atoms with Crippen LogP contribution >= 0.6 is 0 Å². The topological polar surface area (TPSA) is 86.6 Å². The normalized spacial score (nSPS) is 30.6. The molecule has 0 aromatic carbocycles. The molecule has 0 saturated heterocycles. The Balaban J connectivity index is 2.63. The number of carboxylic acid groups (broad SMARTS) is 1. The summed E-state index contributed by atoms with van der Waals surface area (Å²) in [4.78, 5) is 22.4. The first-order valence-corrected chi connectivity index (χ1v) is 6.06. The molecule has 0 heterocycles. The van der Waals surface area contributed by atoms with Gasteiger partial charge in [-0.05, 0) is 38.5 Å². The second-order valence-corrected chi connectivity index (χ2v) is 5.17. The van der Waals surface area contributed by atoms with Crippen LogP contribution in [0.5, 0.6) is 0 Å². The second kappa shape index (κ2) is 5.49. The van der Waals surface area contributed by atoms with Gasteiger partial charge in [0.2, 0.25) is 5.91 Å². The predicted molar refractivity (Wildman–Crippen MR) is 62.4 cm³/mol. The fourth-order valence-electron chi connectivity index (χ4n) is 2.12. The Labute approximate surface area is 101 Å². The fraction of sp³-hybridized carbons (Fsp3) is 0.833. The average Bonchev–Trinajstić information content (AvgIpc) is 2.31. The molecule has 1 atom stereocenters. The summed E-state index contributed by atoms with van der Waals surface area (Å²) in [6.45, 7) is 3.37. The van der Waals surface area contributed by atoms with Gasteiger partial charge in [0.25, 0.3) is 0 Å². The summed E-state index contributed by atoms with van der Waals surface area (Å²) in [5.41, 5.74) is -0.618. The number of amides is 1. The Hall–Kier alpha value is -1.10. The minimum atomic E-state index is -1.14. The molecule has 17 heavy (non-hydrogen) atoms. The molecule has 3 N–H and O–H groups in total. The molecule has 98 valence electrons. The lowest BCUT2D eigenvalue weighted by molar-refractivity contribution is -0.147. The molecule has 0 aromatic rings. The van der Waals surface area contributed by atoms with Gasteiger partial charge in [-0.1, -0.05) is 6.92 Å². The lowest BCUT2D eigenvalue weighted by Gasteiger charge is -2.39. The van der Waals surface area contributed by atoms with Crippen LogP contribution in [0.1, 0.15) is 39.5 Å². The summed E-state index contributed by atoms with van der Waals surface area (Å²) < 4.78 is 0. The number of carbonyl (C=O) groups excluding carboxylic acids is 1. The molecule has 1 unspecified atom stereocenters. The second-order valence-electron chi connectivity index (χ2n) is 5.17. The standard InChI is InChI=1S/C12H21NO4/c1-8-3-5-12(7-14,6-4-8)13-10(15)9(2)11(16)17/h8-9,14H,3-7H2,1-2H3,(H,13,15)(H,16,17). The van der Waals surface area contributed by atoms with E-state index in [1.165, 1.54) is 6.92 Å². The van der Waals surface area contributed by atoms with Crippen LogP contribution in [0.4, 0.5) is 0 Å². The van der Waals surface area contributed by atoms with Crippen molar-refractivity contribution in [3.63, 3.8) is 0 Å². The molecule has 1 fully saturated rings. The van der Waals surface area contributed by atoms with Crippen LogP contribution in [0.2, 0.25) is 0 Å². The van der Waals surface area contributed by atoms with E-state index in [1.807, 2.05) is 0 Å². The first-order valence-electron chi connectivity index (χ1n) is 6.06. The number of hydrogen-bond donors (Lipinski definition) is 3. The minimum Gasteiger partial charge on any atom is -0.481 e. The number of carboxylic acids is 1. The highest BCUT2D eigenvalue weighted by Crippen LogP contribution is 2.31. The molecule has 0 aromatic heterocycles. The molecule has 1 aliphatic rings. The highest BCUT2D eigenvalue weighted by Gasteiger charge is 2.36. The van der Waals surface area contributed by atoms with Crippen molar-refractivity contribution < 1.29 is 19.8 Å². The van der Waals surface area contributed by atoms with Crippen LogP contribution in [0, 0.1) is 11.8 Å². The first kappa shape index (κ1) is 14.0. The van der Waals surface area contributed by atoms with Crippen molar-refractivity contribution >= 4 is 11.9 Å². The van der Waals surface area contributed by atoms with Gasteiger partial charge in [0.15, 0.2) is 0 Å². The molecule has 0 aliphatic heterocycles. The molecule has 1 amide bonds. The van der Waals surface area contributed by atoms with E-state index < -0.39 is 23.3 Å². The first-order chi connectivity index (χ1) is 7.90. The molecule has 5 nitrogen and oxygen atoms in total. The average molecular weight is 243 g/mol. The number of rotatable bonds is 4. The Morgan fingerprint density at radius 3 is 2.35 bits per heavy atom. The Morgan fingerprint density at radius 2 is 1.94 bits per heavy atom. The van der Waals surface area contributed by atoms with Gasteiger partial charge < -0.3 is 15.5 Å². The van der Waals surface area contributed by atoms with Crippen LogP contribution in [0.3, 0.4) is 0 Å². The van der Waals surface area contributed by atoms with Crippen LogP contribution in [0.15, 0.2) is 0 Å². The molecule has 0 spiro atoms. The third-order valence-corrected chi connectivity index (χ3v) is 3.69. The summed E-state index contributed by atoms with van der Waals surface area (Å²) in [5, 5.41) is 20.9. The maximum absolute atomic E-state index is 11.7. The zero-order valence-corrected chi connectivity index (χ0v) is 10.4. The highest BCUT2D eigenvalue weighted by atomic mass is 16.4. The summed E-state index contributed by atoms with van der Waals surface area (Å²) >= 11 is 0. The van der Waals surface area contributed by atoms with E-state index in [0.29, 0.717) is 18.8 Å². The number of carbonyl (C=O) groups is 2. The maximum Gasteiger partial charge on any atom is 0.315 e. The van der Waals surface area contributed by atoms with E-state index in [-0.39, 0.29) is 6.61 Å². The van der Waals surface area contributed by atoms with Gasteiger partial charge >= 0.3 is 5.97 Å². The van der Waals surface area contributed by atoms with Crippen molar-refractivity contribution in [1.82, 2.24) is 5.32 Å². The predicted octanol–water partition coefficient (Wildman–Crippen LogP) is 0.764. The van der Waals surface area contributed by atoms with E-state index in [0.717, 1.165) is 12.8 Å². The van der Waals surface area contributed by atoms with Crippen molar-refractivity contribution in [1.29, 1.82) is 0 Å². The van der Waals surface area contributed by atoms with Gasteiger partial charge in [0.1, 0.15) is 5.92 Å². The number of aliphatic hydroxyl groups is 1. The number of hydrogen-bond acceptors (Lipinski definition) is 3. The molecule has 0 bridgehead atoms. The number of nitrogens with one attached hydrogen (secondary N) is 1. The van der Waals surface area contributed by atoms with Crippen molar-refractivity contribution in [2.24, 2.45) is 11.8 Å². The van der Waals surface area contributed by atoms with Gasteiger partial charge in [-0.15, -0.1) is 0 Å². The molecule has 1 aliphatic carbocycles. The number of aliphatic hydroxyl groups excluding tert-OH is 1. The van der Waals surface area contributed by atoms with E-state index in [1.54, 1.807) is 0 Å². The fourth-order valence-corrected chi connectivity index (χ4v) is 2.12. The molecule has 0 radical (unpaired) electrons.